The zero-order valence-electron chi connectivity index (χ0n) is 14.6. The van der Waals surface area contributed by atoms with Gasteiger partial charge in [-0.3, -0.25) is 15.6 Å². The Balaban J connectivity index is 1.56. The maximum Gasteiger partial charge on any atom is 0.279 e. The van der Waals surface area contributed by atoms with E-state index in [1.165, 1.54) is 29.7 Å². The Bertz CT molecular complexity index is 754. The smallest absolute Gasteiger partial charge is 0.279 e. The fraction of sp³-hybridized carbons (Fsp3) is 0.368. The molecule has 1 heterocycles. The number of benzene rings is 1. The van der Waals surface area contributed by atoms with Gasteiger partial charge in [0.1, 0.15) is 0 Å². The molecule has 0 saturated heterocycles. The summed E-state index contributed by atoms with van der Waals surface area (Å²) in [4.78, 5) is 14.5. The van der Waals surface area contributed by atoms with Gasteiger partial charge in [0, 0.05) is 10.6 Å². The quantitative estimate of drug-likeness (QED) is 0.418. The van der Waals surface area contributed by atoms with E-state index in [0.29, 0.717) is 5.11 Å². The fourth-order valence-corrected chi connectivity index (χ4v) is 4.48. The number of carbonyl (C=O) groups excluding carboxylic acids is 1. The first-order valence-corrected chi connectivity index (χ1v) is 9.81. The van der Waals surface area contributed by atoms with Gasteiger partial charge < -0.3 is 5.32 Å². The van der Waals surface area contributed by atoms with Crippen LogP contribution in [0.2, 0.25) is 0 Å². The van der Waals surface area contributed by atoms with E-state index >= 15 is 0 Å². The van der Waals surface area contributed by atoms with Crippen molar-refractivity contribution in [2.45, 2.75) is 46.0 Å². The number of rotatable bonds is 2. The van der Waals surface area contributed by atoms with Gasteiger partial charge in [0.25, 0.3) is 5.91 Å². The van der Waals surface area contributed by atoms with Crippen LogP contribution in [0, 0.1) is 13.8 Å². The number of nitrogens with one attached hydrogen (secondary N) is 3. The number of thiocarbonyl (C=S) groups is 1. The molecule has 0 bridgehead atoms. The van der Waals surface area contributed by atoms with Crippen LogP contribution in [0.5, 0.6) is 0 Å². The zero-order chi connectivity index (χ0) is 17.8. The Morgan fingerprint density at radius 3 is 2.48 bits per heavy atom. The van der Waals surface area contributed by atoms with Gasteiger partial charge in [-0.2, -0.15) is 0 Å². The number of fused-ring (bicyclic) bond motifs is 1. The van der Waals surface area contributed by atoms with E-state index in [2.05, 4.69) is 22.2 Å². The minimum absolute atomic E-state index is 0.136. The molecule has 0 radical (unpaired) electrons. The average molecular weight is 374 g/mol. The number of carbonyl (C=O) groups is 1. The summed E-state index contributed by atoms with van der Waals surface area (Å²) in [5.74, 6) is -0.136. The molecule has 3 rings (SSSR count). The molecule has 0 saturated carbocycles. The van der Waals surface area contributed by atoms with Gasteiger partial charge in [-0.15, -0.1) is 11.3 Å². The summed E-state index contributed by atoms with van der Waals surface area (Å²) in [5.41, 5.74) is 10.0. The van der Waals surface area contributed by atoms with E-state index in [1.54, 1.807) is 11.3 Å². The normalized spacial score (nSPS) is 13.5. The molecule has 1 aliphatic rings. The Morgan fingerprint density at radius 2 is 1.72 bits per heavy atom. The number of aryl methyl sites for hydroxylation is 4. The van der Waals surface area contributed by atoms with Crippen molar-refractivity contribution in [3.63, 3.8) is 0 Å². The fourth-order valence-electron chi connectivity index (χ4n) is 3.16. The van der Waals surface area contributed by atoms with E-state index in [0.717, 1.165) is 34.5 Å². The third-order valence-corrected chi connectivity index (χ3v) is 5.68. The third-order valence-electron chi connectivity index (χ3n) is 4.24. The summed E-state index contributed by atoms with van der Waals surface area (Å²) in [6, 6.07) is 8.16. The minimum atomic E-state index is -0.136. The van der Waals surface area contributed by atoms with Gasteiger partial charge in [-0.25, -0.2) is 0 Å². The highest BCUT2D eigenvalue weighted by molar-refractivity contribution is 7.80. The van der Waals surface area contributed by atoms with Crippen molar-refractivity contribution < 1.29 is 4.79 Å². The van der Waals surface area contributed by atoms with Crippen LogP contribution in [-0.4, -0.2) is 11.0 Å². The molecule has 4 nitrogen and oxygen atoms in total. The van der Waals surface area contributed by atoms with Crippen molar-refractivity contribution in [2.75, 3.05) is 5.32 Å². The zero-order valence-corrected chi connectivity index (χ0v) is 16.2. The molecule has 0 aliphatic heterocycles. The maximum atomic E-state index is 12.4. The molecule has 0 fully saturated rings. The second-order valence-electron chi connectivity index (χ2n) is 6.53. The Hall–Kier alpha value is -1.92. The van der Waals surface area contributed by atoms with Gasteiger partial charge in [-0.05, 0) is 86.6 Å². The highest BCUT2D eigenvalue weighted by atomic mass is 32.1. The number of hydrazine groups is 1. The summed E-state index contributed by atoms with van der Waals surface area (Å²) in [6.07, 6.45) is 5.89. The van der Waals surface area contributed by atoms with Gasteiger partial charge in [0.15, 0.2) is 5.11 Å². The standard InChI is InChI=1S/C19H23N3OS2/c1-12-8-13(2)10-15(9-12)20-19(24)22-21-18(23)17-11-14-6-4-3-5-7-16(14)25-17/h8-11H,3-7H2,1-2H3,(H,21,23)(H2,20,22,24). The molecule has 1 aromatic carbocycles. The lowest BCUT2D eigenvalue weighted by molar-refractivity contribution is 0.0948. The highest BCUT2D eigenvalue weighted by Gasteiger charge is 2.16. The van der Waals surface area contributed by atoms with Crippen molar-refractivity contribution in [3.05, 3.63) is 50.7 Å². The minimum Gasteiger partial charge on any atom is -0.331 e. The van der Waals surface area contributed by atoms with Crippen LogP contribution in [0.15, 0.2) is 24.3 Å². The molecule has 25 heavy (non-hydrogen) atoms. The molecule has 0 atom stereocenters. The summed E-state index contributed by atoms with van der Waals surface area (Å²) < 4.78 is 0. The third kappa shape index (κ3) is 4.80. The van der Waals surface area contributed by atoms with E-state index in [-0.39, 0.29) is 5.91 Å². The molecule has 0 unspecified atom stereocenters. The lowest BCUT2D eigenvalue weighted by Gasteiger charge is -2.12. The topological polar surface area (TPSA) is 53.2 Å². The van der Waals surface area contributed by atoms with Crippen LogP contribution in [-0.2, 0) is 12.8 Å². The predicted octanol–water partition coefficient (Wildman–Crippen LogP) is 4.27. The van der Waals surface area contributed by atoms with Gasteiger partial charge in [0.05, 0.1) is 4.88 Å². The van der Waals surface area contributed by atoms with Crippen molar-refractivity contribution in [1.82, 2.24) is 10.9 Å². The maximum absolute atomic E-state index is 12.4. The second kappa shape index (κ2) is 7.97. The number of hydrogen-bond donors (Lipinski definition) is 3. The molecule has 6 heteroatoms. The molecule has 3 N–H and O–H groups in total. The van der Waals surface area contributed by atoms with Crippen molar-refractivity contribution >= 4 is 40.3 Å². The summed E-state index contributed by atoms with van der Waals surface area (Å²) in [5, 5.41) is 3.47. The van der Waals surface area contributed by atoms with Crippen LogP contribution in [0.25, 0.3) is 0 Å². The van der Waals surface area contributed by atoms with Crippen molar-refractivity contribution in [1.29, 1.82) is 0 Å². The van der Waals surface area contributed by atoms with Gasteiger partial charge in [-0.1, -0.05) is 12.5 Å². The number of anilines is 1. The molecular weight excluding hydrogens is 350 g/mol. The highest BCUT2D eigenvalue weighted by Crippen LogP contribution is 2.28. The lowest BCUT2D eigenvalue weighted by Crippen LogP contribution is -2.43. The molecule has 0 spiro atoms. The van der Waals surface area contributed by atoms with Crippen LogP contribution in [0.3, 0.4) is 0 Å². The lowest BCUT2D eigenvalue weighted by atomic mass is 10.1. The Morgan fingerprint density at radius 1 is 1.00 bits per heavy atom. The summed E-state index contributed by atoms with van der Waals surface area (Å²) in [7, 11) is 0. The SMILES string of the molecule is Cc1cc(C)cc(NC(=S)NNC(=O)c2cc3c(s2)CCCCC3)c1. The predicted molar refractivity (Wildman–Crippen MR) is 108 cm³/mol. The first-order chi connectivity index (χ1) is 12.0. The molecule has 2 aromatic rings. The van der Waals surface area contributed by atoms with Crippen molar-refractivity contribution in [2.24, 2.45) is 0 Å². The van der Waals surface area contributed by atoms with E-state index in [4.69, 9.17) is 12.2 Å². The van der Waals surface area contributed by atoms with Crippen molar-refractivity contribution in [3.8, 4) is 0 Å². The molecule has 1 aromatic heterocycles. The molecule has 1 aliphatic carbocycles. The molecule has 1 amide bonds. The number of hydrogen-bond acceptors (Lipinski definition) is 3. The second-order valence-corrected chi connectivity index (χ2v) is 8.07. The van der Waals surface area contributed by atoms with E-state index in [9.17, 15) is 4.79 Å². The average Bonchev–Trinajstić information content (AvgIpc) is 2.82. The summed E-state index contributed by atoms with van der Waals surface area (Å²) >= 11 is 6.86. The van der Waals surface area contributed by atoms with Crippen LogP contribution >= 0.6 is 23.6 Å². The summed E-state index contributed by atoms with van der Waals surface area (Å²) in [6.45, 7) is 4.08. The van der Waals surface area contributed by atoms with E-state index in [1.807, 2.05) is 32.0 Å². The van der Waals surface area contributed by atoms with E-state index < -0.39 is 0 Å². The Labute approximate surface area is 158 Å². The first-order valence-electron chi connectivity index (χ1n) is 8.58. The first kappa shape index (κ1) is 17.9. The van der Waals surface area contributed by atoms with Gasteiger partial charge >= 0.3 is 0 Å². The molecular formula is C19H23N3OS2. The van der Waals surface area contributed by atoms with Crippen LogP contribution < -0.4 is 16.2 Å². The van der Waals surface area contributed by atoms with Gasteiger partial charge in [0.2, 0.25) is 0 Å². The largest absolute Gasteiger partial charge is 0.331 e. The van der Waals surface area contributed by atoms with Crippen LogP contribution in [0.4, 0.5) is 5.69 Å². The number of amides is 1. The van der Waals surface area contributed by atoms with Crippen LogP contribution in [0.1, 0.15) is 50.5 Å². The number of thiophene rings is 1. The Kier molecular flexibility index (Phi) is 5.71. The monoisotopic (exact) mass is 373 g/mol. The molecule has 132 valence electrons.